The number of benzene rings is 4. The Kier molecular flexibility index (Phi) is 8.90. The van der Waals surface area contributed by atoms with E-state index in [1.807, 2.05) is 85.8 Å². The number of aryl methyl sites for hydroxylation is 2. The molecule has 1 heterocycles. The number of halogens is 1. The minimum Gasteiger partial charge on any atom is -0.341 e. The molecule has 0 unspecified atom stereocenters. The van der Waals surface area contributed by atoms with Crippen LogP contribution in [0.5, 0.6) is 0 Å². The summed E-state index contributed by atoms with van der Waals surface area (Å²) in [6, 6.07) is 26.2. The van der Waals surface area contributed by atoms with Crippen molar-refractivity contribution < 1.29 is 19.2 Å². The fourth-order valence-corrected chi connectivity index (χ4v) is 5.98. The van der Waals surface area contributed by atoms with Crippen LogP contribution in [0.1, 0.15) is 52.1 Å². The summed E-state index contributed by atoms with van der Waals surface area (Å²) in [4.78, 5) is 44.5. The van der Waals surface area contributed by atoms with Gasteiger partial charge in [-0.2, -0.15) is 0 Å². The van der Waals surface area contributed by atoms with Gasteiger partial charge in [0.25, 0.3) is 0 Å². The van der Waals surface area contributed by atoms with Crippen LogP contribution < -0.4 is 0 Å². The molecule has 6 nitrogen and oxygen atoms in total. The second-order valence-electron chi connectivity index (χ2n) is 9.85. The molecule has 4 aromatic carbocycles. The predicted molar refractivity (Wildman–Crippen MR) is 170 cm³/mol. The summed E-state index contributed by atoms with van der Waals surface area (Å²) in [7, 11) is 0. The van der Waals surface area contributed by atoms with Crippen LogP contribution in [0.15, 0.2) is 95.0 Å². The number of rotatable bonds is 10. The molecule has 1 aromatic heterocycles. The minimum atomic E-state index is -0.599. The van der Waals surface area contributed by atoms with Crippen LogP contribution in [0.25, 0.3) is 21.8 Å². The van der Waals surface area contributed by atoms with Crippen LogP contribution >= 0.6 is 23.4 Å². The highest BCUT2D eigenvalue weighted by Crippen LogP contribution is 2.32. The third kappa shape index (κ3) is 6.17. The Balaban J connectivity index is 1.50. The number of aromatic nitrogens is 1. The molecule has 42 heavy (non-hydrogen) atoms. The van der Waals surface area contributed by atoms with Gasteiger partial charge in [-0.3, -0.25) is 9.59 Å². The van der Waals surface area contributed by atoms with Crippen molar-refractivity contribution in [3.8, 4) is 0 Å². The fourth-order valence-electron chi connectivity index (χ4n) is 4.99. The lowest BCUT2D eigenvalue weighted by Gasteiger charge is -2.07. The topological polar surface area (TPSA) is 77.7 Å². The van der Waals surface area contributed by atoms with Gasteiger partial charge in [0.05, 0.1) is 0 Å². The number of Topliss-reactive ketones (excluding diaryl/α,β-unsaturated/α-hetero) is 1. The summed E-state index contributed by atoms with van der Waals surface area (Å²) < 4.78 is 2.16. The summed E-state index contributed by atoms with van der Waals surface area (Å²) in [6.45, 7) is 5.96. The molecule has 0 radical (unpaired) electrons. The van der Waals surface area contributed by atoms with Gasteiger partial charge in [0.15, 0.2) is 5.78 Å². The normalized spacial score (nSPS) is 11.7. The van der Waals surface area contributed by atoms with Crippen LogP contribution in [-0.4, -0.2) is 33.6 Å². The fraction of sp³-hybridized carbons (Fsp3) is 0.176. The molecule has 0 aliphatic carbocycles. The summed E-state index contributed by atoms with van der Waals surface area (Å²) in [5.41, 5.74) is 4.68. The molecule has 0 saturated carbocycles. The third-order valence-corrected chi connectivity index (χ3v) is 8.33. The van der Waals surface area contributed by atoms with Gasteiger partial charge in [-0.1, -0.05) is 41.0 Å². The average Bonchev–Trinajstić information content (AvgIpc) is 3.31. The summed E-state index contributed by atoms with van der Waals surface area (Å²) in [5, 5.41) is 6.32. The summed E-state index contributed by atoms with van der Waals surface area (Å²) in [5.74, 6) is -0.416. The standard InChI is InChI=1S/C34H29ClN2O4S/c1-4-37-31-15-9-23(33(39)27-8-6-5-7-21(27)2)19-28(31)29-20-24(10-16-32(29)37)34(40)30(36-41-22(3)38)17-18-42-26-13-11-25(35)12-14-26/h5-16,19-20H,4,17-18H2,1-3H3/b36-30+. The molecule has 0 spiro atoms. The molecule has 0 atom stereocenters. The van der Waals surface area contributed by atoms with E-state index in [9.17, 15) is 14.4 Å². The van der Waals surface area contributed by atoms with Crippen molar-refractivity contribution in [2.24, 2.45) is 5.16 Å². The molecule has 0 N–H and O–H groups in total. The first-order chi connectivity index (χ1) is 20.3. The van der Waals surface area contributed by atoms with Gasteiger partial charge >= 0.3 is 5.97 Å². The van der Waals surface area contributed by atoms with E-state index in [1.54, 1.807) is 17.8 Å². The number of oxime groups is 1. The number of fused-ring (bicyclic) bond motifs is 3. The van der Waals surface area contributed by atoms with Gasteiger partial charge in [-0.15, -0.1) is 11.8 Å². The molecule has 0 fully saturated rings. The second kappa shape index (κ2) is 12.8. The lowest BCUT2D eigenvalue weighted by molar-refractivity contribution is -0.140. The van der Waals surface area contributed by atoms with Gasteiger partial charge in [0.1, 0.15) is 5.71 Å². The zero-order chi connectivity index (χ0) is 29.8. The minimum absolute atomic E-state index is 0.0476. The van der Waals surface area contributed by atoms with Crippen molar-refractivity contribution >= 4 is 68.4 Å². The number of thioether (sulfide) groups is 1. The largest absolute Gasteiger partial charge is 0.341 e. The molecule has 0 aliphatic rings. The number of hydrogen-bond donors (Lipinski definition) is 0. The van der Waals surface area contributed by atoms with Crippen molar-refractivity contribution in [2.75, 3.05) is 5.75 Å². The molecule has 0 saturated heterocycles. The molecular formula is C34H29ClN2O4S. The second-order valence-corrected chi connectivity index (χ2v) is 11.5. The molecular weight excluding hydrogens is 568 g/mol. The number of carbonyl (C=O) groups excluding carboxylic acids is 3. The summed E-state index contributed by atoms with van der Waals surface area (Å²) in [6.07, 6.45) is 0.295. The molecule has 212 valence electrons. The Morgan fingerprint density at radius 3 is 2.17 bits per heavy atom. The maximum absolute atomic E-state index is 13.7. The first kappa shape index (κ1) is 29.3. The van der Waals surface area contributed by atoms with Gasteiger partial charge in [0, 0.05) is 74.1 Å². The van der Waals surface area contributed by atoms with Crippen molar-refractivity contribution in [1.29, 1.82) is 0 Å². The average molecular weight is 597 g/mol. The Labute approximate surface area is 253 Å². The third-order valence-electron chi connectivity index (χ3n) is 7.06. The highest BCUT2D eigenvalue weighted by Gasteiger charge is 2.20. The zero-order valence-corrected chi connectivity index (χ0v) is 25.1. The van der Waals surface area contributed by atoms with E-state index in [0.29, 0.717) is 33.9 Å². The van der Waals surface area contributed by atoms with E-state index in [2.05, 4.69) is 16.6 Å². The highest BCUT2D eigenvalue weighted by molar-refractivity contribution is 7.99. The number of nitrogens with zero attached hydrogens (tertiary/aromatic N) is 2. The Morgan fingerprint density at radius 2 is 1.52 bits per heavy atom. The molecule has 5 aromatic rings. The van der Waals surface area contributed by atoms with Crippen LogP contribution in [0.3, 0.4) is 0 Å². The number of ketones is 2. The summed E-state index contributed by atoms with van der Waals surface area (Å²) >= 11 is 7.53. The maximum atomic E-state index is 13.7. The van der Waals surface area contributed by atoms with Crippen molar-refractivity contribution in [2.45, 2.75) is 38.6 Å². The van der Waals surface area contributed by atoms with Gasteiger partial charge in [-0.25, -0.2) is 4.79 Å². The van der Waals surface area contributed by atoms with Gasteiger partial charge in [0.2, 0.25) is 5.78 Å². The van der Waals surface area contributed by atoms with E-state index in [4.69, 9.17) is 16.4 Å². The zero-order valence-electron chi connectivity index (χ0n) is 23.5. The van der Waals surface area contributed by atoms with Crippen LogP contribution in [0.4, 0.5) is 0 Å². The van der Waals surface area contributed by atoms with E-state index in [0.717, 1.165) is 38.8 Å². The van der Waals surface area contributed by atoms with Crippen LogP contribution in [-0.2, 0) is 16.2 Å². The first-order valence-electron chi connectivity index (χ1n) is 13.6. The van der Waals surface area contributed by atoms with Gasteiger partial charge in [-0.05, 0) is 80.1 Å². The Bertz CT molecular complexity index is 1860. The Hall–Kier alpha value is -4.20. The van der Waals surface area contributed by atoms with Crippen molar-refractivity contribution in [3.63, 3.8) is 0 Å². The molecule has 8 heteroatoms. The predicted octanol–water partition coefficient (Wildman–Crippen LogP) is 8.29. The molecule has 5 rings (SSSR count). The maximum Gasteiger partial charge on any atom is 0.331 e. The monoisotopic (exact) mass is 596 g/mol. The molecule has 0 aliphatic heterocycles. The molecule has 0 bridgehead atoms. The van der Waals surface area contributed by atoms with Crippen LogP contribution in [0.2, 0.25) is 5.02 Å². The number of hydrogen-bond acceptors (Lipinski definition) is 6. The lowest BCUT2D eigenvalue weighted by atomic mass is 9.97. The van der Waals surface area contributed by atoms with E-state index < -0.39 is 5.97 Å². The van der Waals surface area contributed by atoms with E-state index in [-0.39, 0.29) is 17.3 Å². The van der Waals surface area contributed by atoms with E-state index >= 15 is 0 Å². The van der Waals surface area contributed by atoms with E-state index in [1.165, 1.54) is 6.92 Å². The molecule has 0 amide bonds. The first-order valence-corrected chi connectivity index (χ1v) is 15.0. The lowest BCUT2D eigenvalue weighted by Crippen LogP contribution is -2.16. The Morgan fingerprint density at radius 1 is 0.881 bits per heavy atom. The SMILES string of the molecule is CCn1c2ccc(C(=O)/C(CCSc3ccc(Cl)cc3)=N/OC(C)=O)cc2c2cc(C(=O)c3ccccc3C)ccc21. The van der Waals surface area contributed by atoms with Gasteiger partial charge < -0.3 is 9.40 Å². The van der Waals surface area contributed by atoms with Crippen LogP contribution in [0, 0.1) is 6.92 Å². The van der Waals surface area contributed by atoms with Crippen molar-refractivity contribution in [1.82, 2.24) is 4.57 Å². The quantitative estimate of drug-likeness (QED) is 0.0533. The van der Waals surface area contributed by atoms with Crippen molar-refractivity contribution in [3.05, 3.63) is 112 Å². The number of carbonyl (C=O) groups is 3. The highest BCUT2D eigenvalue weighted by atomic mass is 35.5. The smallest absolute Gasteiger partial charge is 0.331 e.